The van der Waals surface area contributed by atoms with Crippen molar-refractivity contribution in [3.05, 3.63) is 35.1 Å². The minimum Gasteiger partial charge on any atom is -0.334 e. The van der Waals surface area contributed by atoms with Crippen LogP contribution >= 0.6 is 11.6 Å². The lowest BCUT2D eigenvalue weighted by Gasteiger charge is -2.25. The van der Waals surface area contributed by atoms with Gasteiger partial charge in [0.25, 0.3) is 5.91 Å². The molecule has 0 radical (unpaired) electrons. The van der Waals surface area contributed by atoms with Crippen LogP contribution in [-0.2, 0) is 0 Å². The Morgan fingerprint density at radius 1 is 1.56 bits per heavy atom. The van der Waals surface area contributed by atoms with Gasteiger partial charge in [-0.15, -0.1) is 11.6 Å². The van der Waals surface area contributed by atoms with E-state index in [1.165, 1.54) is 12.1 Å². The first kappa shape index (κ1) is 13.3. The molecule has 0 bridgehead atoms. The van der Waals surface area contributed by atoms with Gasteiger partial charge in [-0.25, -0.2) is 4.39 Å². The van der Waals surface area contributed by atoms with Gasteiger partial charge in [0.15, 0.2) is 0 Å². The Hall–Kier alpha value is -1.09. The maximum absolute atomic E-state index is 13.0. The topological polar surface area (TPSA) is 20.3 Å². The Morgan fingerprint density at radius 3 is 2.89 bits per heavy atom. The average molecular weight is 270 g/mol. The third-order valence-electron chi connectivity index (χ3n) is 3.72. The molecule has 1 aliphatic heterocycles. The van der Waals surface area contributed by atoms with E-state index in [-0.39, 0.29) is 17.8 Å². The molecule has 2 nitrogen and oxygen atoms in total. The first-order valence-electron chi connectivity index (χ1n) is 6.17. The second-order valence-electron chi connectivity index (χ2n) is 4.95. The molecule has 2 unspecified atom stereocenters. The molecule has 98 valence electrons. The summed E-state index contributed by atoms with van der Waals surface area (Å²) in [5.41, 5.74) is 1.24. The molecule has 0 N–H and O–H groups in total. The van der Waals surface area contributed by atoms with Crippen LogP contribution in [0.3, 0.4) is 0 Å². The quantitative estimate of drug-likeness (QED) is 0.755. The molecule has 0 aliphatic carbocycles. The predicted molar refractivity (Wildman–Crippen MR) is 70.5 cm³/mol. The van der Waals surface area contributed by atoms with Crippen molar-refractivity contribution in [1.29, 1.82) is 0 Å². The van der Waals surface area contributed by atoms with E-state index in [1.54, 1.807) is 13.0 Å². The van der Waals surface area contributed by atoms with Crippen LogP contribution in [0.25, 0.3) is 0 Å². The number of alkyl halides is 1. The molecule has 1 aliphatic rings. The van der Waals surface area contributed by atoms with Crippen molar-refractivity contribution in [2.75, 3.05) is 12.4 Å². The number of benzene rings is 1. The molecule has 1 fully saturated rings. The number of rotatable bonds is 2. The number of hydrogen-bond acceptors (Lipinski definition) is 1. The highest BCUT2D eigenvalue weighted by Gasteiger charge is 2.34. The fourth-order valence-electron chi connectivity index (χ4n) is 2.52. The number of carbonyl (C=O) groups excluding carboxylic acids is 1. The standard InChI is InChI=1S/C14H17ClFNO/c1-9-5-6-17(13(9)8-15)14(18)12-4-3-11(16)7-10(12)2/h3-4,7,9,13H,5-6,8H2,1-2H3. The van der Waals surface area contributed by atoms with Gasteiger partial charge in [0, 0.05) is 24.0 Å². The first-order chi connectivity index (χ1) is 8.54. The summed E-state index contributed by atoms with van der Waals surface area (Å²) in [5.74, 6) is 0.523. The van der Waals surface area contributed by atoms with E-state index < -0.39 is 0 Å². The second-order valence-corrected chi connectivity index (χ2v) is 5.25. The van der Waals surface area contributed by atoms with Gasteiger partial charge in [-0.3, -0.25) is 4.79 Å². The summed E-state index contributed by atoms with van der Waals surface area (Å²) in [6.07, 6.45) is 0.976. The molecular weight excluding hydrogens is 253 g/mol. The maximum atomic E-state index is 13.0. The van der Waals surface area contributed by atoms with Crippen LogP contribution in [0.4, 0.5) is 4.39 Å². The zero-order chi connectivity index (χ0) is 13.3. The number of aryl methyl sites for hydroxylation is 1. The molecular formula is C14H17ClFNO. The van der Waals surface area contributed by atoms with Gasteiger partial charge >= 0.3 is 0 Å². The molecule has 1 heterocycles. The van der Waals surface area contributed by atoms with Crippen molar-refractivity contribution in [3.63, 3.8) is 0 Å². The zero-order valence-electron chi connectivity index (χ0n) is 10.6. The summed E-state index contributed by atoms with van der Waals surface area (Å²) in [5, 5.41) is 0. The van der Waals surface area contributed by atoms with E-state index in [1.807, 2.05) is 4.90 Å². The Balaban J connectivity index is 2.26. The number of carbonyl (C=O) groups is 1. The SMILES string of the molecule is Cc1cc(F)ccc1C(=O)N1CCC(C)C1CCl. The van der Waals surface area contributed by atoms with Gasteiger partial charge < -0.3 is 4.90 Å². The number of amides is 1. The van der Waals surface area contributed by atoms with Gasteiger partial charge in [-0.2, -0.15) is 0 Å². The van der Waals surface area contributed by atoms with Crippen molar-refractivity contribution in [3.8, 4) is 0 Å². The van der Waals surface area contributed by atoms with Gasteiger partial charge in [0.05, 0.1) is 0 Å². The van der Waals surface area contributed by atoms with Crippen molar-refractivity contribution >= 4 is 17.5 Å². The zero-order valence-corrected chi connectivity index (χ0v) is 11.4. The first-order valence-corrected chi connectivity index (χ1v) is 6.71. The van der Waals surface area contributed by atoms with Crippen LogP contribution in [0, 0.1) is 18.7 Å². The number of halogens is 2. The number of likely N-dealkylation sites (tertiary alicyclic amines) is 1. The van der Waals surface area contributed by atoms with E-state index in [2.05, 4.69) is 6.92 Å². The highest BCUT2D eigenvalue weighted by atomic mass is 35.5. The predicted octanol–water partition coefficient (Wildman–Crippen LogP) is 3.22. The fourth-order valence-corrected chi connectivity index (χ4v) is 2.99. The third kappa shape index (κ3) is 2.37. The number of nitrogens with zero attached hydrogens (tertiary/aromatic N) is 1. The summed E-state index contributed by atoms with van der Waals surface area (Å²) in [6, 6.07) is 4.36. The van der Waals surface area contributed by atoms with Crippen LogP contribution in [-0.4, -0.2) is 29.3 Å². The van der Waals surface area contributed by atoms with Crippen molar-refractivity contribution in [1.82, 2.24) is 4.90 Å². The van der Waals surface area contributed by atoms with Gasteiger partial charge in [0.1, 0.15) is 5.82 Å². The summed E-state index contributed by atoms with van der Waals surface area (Å²) < 4.78 is 13.0. The monoisotopic (exact) mass is 269 g/mol. The molecule has 18 heavy (non-hydrogen) atoms. The normalized spacial score (nSPS) is 23.4. The van der Waals surface area contributed by atoms with E-state index in [9.17, 15) is 9.18 Å². The Morgan fingerprint density at radius 2 is 2.28 bits per heavy atom. The van der Waals surface area contributed by atoms with Crippen molar-refractivity contribution < 1.29 is 9.18 Å². The fraction of sp³-hybridized carbons (Fsp3) is 0.500. The molecule has 2 atom stereocenters. The van der Waals surface area contributed by atoms with Crippen LogP contribution in [0.1, 0.15) is 29.3 Å². The Labute approximate surface area is 112 Å². The molecule has 4 heteroatoms. The Bertz CT molecular complexity index is 463. The van der Waals surface area contributed by atoms with E-state index in [0.29, 0.717) is 22.9 Å². The van der Waals surface area contributed by atoms with Crippen molar-refractivity contribution in [2.24, 2.45) is 5.92 Å². The second kappa shape index (κ2) is 5.27. The largest absolute Gasteiger partial charge is 0.334 e. The summed E-state index contributed by atoms with van der Waals surface area (Å²) in [6.45, 7) is 4.59. The molecule has 1 saturated heterocycles. The highest BCUT2D eigenvalue weighted by molar-refractivity contribution is 6.18. The summed E-state index contributed by atoms with van der Waals surface area (Å²) in [4.78, 5) is 14.3. The van der Waals surface area contributed by atoms with E-state index >= 15 is 0 Å². The lowest BCUT2D eigenvalue weighted by molar-refractivity contribution is 0.0736. The van der Waals surface area contributed by atoms with E-state index in [0.717, 1.165) is 13.0 Å². The summed E-state index contributed by atoms with van der Waals surface area (Å²) >= 11 is 5.94. The average Bonchev–Trinajstić information content (AvgIpc) is 2.69. The van der Waals surface area contributed by atoms with Crippen molar-refractivity contribution in [2.45, 2.75) is 26.3 Å². The van der Waals surface area contributed by atoms with Crippen LogP contribution in [0.2, 0.25) is 0 Å². The lowest BCUT2D eigenvalue weighted by atomic mass is 10.0. The van der Waals surface area contributed by atoms with Crippen LogP contribution in [0.15, 0.2) is 18.2 Å². The minimum atomic E-state index is -0.312. The van der Waals surface area contributed by atoms with Crippen LogP contribution in [0.5, 0.6) is 0 Å². The molecule has 1 aromatic rings. The van der Waals surface area contributed by atoms with Gasteiger partial charge in [-0.1, -0.05) is 6.92 Å². The minimum absolute atomic E-state index is 0.0394. The van der Waals surface area contributed by atoms with Crippen LogP contribution < -0.4 is 0 Å². The molecule has 0 saturated carbocycles. The van der Waals surface area contributed by atoms with E-state index in [4.69, 9.17) is 11.6 Å². The third-order valence-corrected chi connectivity index (χ3v) is 4.04. The number of hydrogen-bond donors (Lipinski definition) is 0. The lowest BCUT2D eigenvalue weighted by Crippen LogP contribution is -2.39. The van der Waals surface area contributed by atoms with Gasteiger partial charge in [0.2, 0.25) is 0 Å². The molecule has 1 amide bonds. The summed E-state index contributed by atoms with van der Waals surface area (Å²) in [7, 11) is 0. The smallest absolute Gasteiger partial charge is 0.254 e. The highest BCUT2D eigenvalue weighted by Crippen LogP contribution is 2.27. The van der Waals surface area contributed by atoms with Gasteiger partial charge in [-0.05, 0) is 43.0 Å². The maximum Gasteiger partial charge on any atom is 0.254 e. The molecule has 1 aromatic carbocycles. The molecule has 0 aromatic heterocycles. The Kier molecular flexibility index (Phi) is 3.91. The molecule has 0 spiro atoms. The molecule has 2 rings (SSSR count).